The molecule has 2 heterocycles. The molecule has 2 amide bonds. The van der Waals surface area contributed by atoms with Crippen molar-refractivity contribution in [1.29, 1.82) is 0 Å². The lowest BCUT2D eigenvalue weighted by molar-refractivity contribution is -0.138. The summed E-state index contributed by atoms with van der Waals surface area (Å²) >= 11 is 1.71. The van der Waals surface area contributed by atoms with Crippen molar-refractivity contribution < 1.29 is 19.1 Å². The zero-order valence-corrected chi connectivity index (χ0v) is 18.9. The average Bonchev–Trinajstić information content (AvgIpc) is 3.29. The maximum atomic E-state index is 13.3. The van der Waals surface area contributed by atoms with Gasteiger partial charge in [0.2, 0.25) is 11.8 Å². The molecule has 3 unspecified atom stereocenters. The number of carbonyl (C=O) groups is 2. The van der Waals surface area contributed by atoms with E-state index in [0.29, 0.717) is 18.6 Å². The van der Waals surface area contributed by atoms with Crippen LogP contribution in [0.25, 0.3) is 0 Å². The molecule has 0 bridgehead atoms. The third-order valence-electron chi connectivity index (χ3n) is 6.18. The summed E-state index contributed by atoms with van der Waals surface area (Å²) in [5.41, 5.74) is 2.08. The van der Waals surface area contributed by atoms with Crippen molar-refractivity contribution >= 4 is 23.6 Å². The van der Waals surface area contributed by atoms with Crippen molar-refractivity contribution in [2.75, 3.05) is 20.0 Å². The van der Waals surface area contributed by atoms with Gasteiger partial charge in [-0.2, -0.15) is 0 Å². The normalized spacial score (nSPS) is 23.4. The quantitative estimate of drug-likeness (QED) is 0.713. The molecule has 2 fully saturated rings. The number of rotatable bonds is 7. The Hall–Kier alpha value is -2.67. The number of carbonyl (C=O) groups excluding carboxylic acids is 2. The zero-order valence-electron chi connectivity index (χ0n) is 18.1. The maximum Gasteiger partial charge on any atom is 0.244 e. The highest BCUT2D eigenvalue weighted by atomic mass is 32.2. The van der Waals surface area contributed by atoms with Crippen LogP contribution in [0.1, 0.15) is 36.9 Å². The standard InChI is InChI=1S/C24H28N2O4S/c1-24-13-12-22(27)26(24)21(15-31-24)23(28)25-20(17-6-10-19(30-3)11-7-17)14-16-4-8-18(29-2)9-5-16/h4-11,20-21H,12-15H2,1-3H3,(H,25,28). The van der Waals surface area contributed by atoms with Gasteiger partial charge in [0.25, 0.3) is 0 Å². The molecule has 3 atom stereocenters. The molecule has 2 aliphatic rings. The number of fused-ring (bicyclic) bond motifs is 1. The number of nitrogens with one attached hydrogen (secondary N) is 1. The summed E-state index contributed by atoms with van der Waals surface area (Å²) in [6, 6.07) is 15.0. The third kappa shape index (κ3) is 4.37. The second-order valence-corrected chi connectivity index (χ2v) is 9.65. The summed E-state index contributed by atoms with van der Waals surface area (Å²) in [6.07, 6.45) is 1.95. The van der Waals surface area contributed by atoms with E-state index in [1.165, 1.54) is 0 Å². The molecule has 2 saturated heterocycles. The first kappa shape index (κ1) is 21.6. The minimum atomic E-state index is -0.429. The van der Waals surface area contributed by atoms with E-state index in [0.717, 1.165) is 29.0 Å². The lowest BCUT2D eigenvalue weighted by Gasteiger charge is -2.31. The Bertz CT molecular complexity index is 947. The Balaban J connectivity index is 1.56. The van der Waals surface area contributed by atoms with Crippen LogP contribution >= 0.6 is 11.8 Å². The van der Waals surface area contributed by atoms with Crippen LogP contribution in [-0.4, -0.2) is 47.6 Å². The Kier molecular flexibility index (Phi) is 6.14. The fourth-order valence-electron chi connectivity index (χ4n) is 4.37. The molecule has 7 heteroatoms. The second-order valence-electron chi connectivity index (χ2n) is 8.15. The van der Waals surface area contributed by atoms with Crippen LogP contribution in [0.3, 0.4) is 0 Å². The summed E-state index contributed by atoms with van der Waals surface area (Å²) in [4.78, 5) is 27.3. The number of thioether (sulfide) groups is 1. The van der Waals surface area contributed by atoms with Gasteiger partial charge in [-0.05, 0) is 55.2 Å². The molecule has 0 saturated carbocycles. The monoisotopic (exact) mass is 440 g/mol. The molecular formula is C24H28N2O4S. The van der Waals surface area contributed by atoms with Crippen molar-refractivity contribution in [3.63, 3.8) is 0 Å². The number of methoxy groups -OCH3 is 2. The molecule has 2 aromatic rings. The third-order valence-corrected chi connectivity index (χ3v) is 7.69. The van der Waals surface area contributed by atoms with E-state index in [4.69, 9.17) is 9.47 Å². The van der Waals surface area contributed by atoms with Gasteiger partial charge in [-0.25, -0.2) is 0 Å². The Morgan fingerprint density at radius 3 is 2.35 bits per heavy atom. The largest absolute Gasteiger partial charge is 0.497 e. The van der Waals surface area contributed by atoms with E-state index >= 15 is 0 Å². The fourth-order valence-corrected chi connectivity index (χ4v) is 5.80. The first-order chi connectivity index (χ1) is 14.9. The SMILES string of the molecule is COc1ccc(CC(NC(=O)C2CSC3(C)CCC(=O)N23)c2ccc(OC)cc2)cc1. The highest BCUT2D eigenvalue weighted by molar-refractivity contribution is 8.01. The minimum Gasteiger partial charge on any atom is -0.497 e. The molecule has 4 rings (SSSR count). The van der Waals surface area contributed by atoms with E-state index in [9.17, 15) is 9.59 Å². The summed E-state index contributed by atoms with van der Waals surface area (Å²) < 4.78 is 10.5. The van der Waals surface area contributed by atoms with Gasteiger partial charge in [0.1, 0.15) is 17.5 Å². The molecule has 2 aliphatic heterocycles. The lowest BCUT2D eigenvalue weighted by Crippen LogP contribution is -2.50. The topological polar surface area (TPSA) is 67.9 Å². The molecule has 164 valence electrons. The summed E-state index contributed by atoms with van der Waals surface area (Å²) in [7, 11) is 3.27. The predicted octanol–water partition coefficient (Wildman–Crippen LogP) is 3.56. The number of nitrogens with zero attached hydrogens (tertiary/aromatic N) is 1. The van der Waals surface area contributed by atoms with E-state index in [1.807, 2.05) is 48.5 Å². The van der Waals surface area contributed by atoms with Crippen LogP contribution in [-0.2, 0) is 16.0 Å². The number of hydrogen-bond acceptors (Lipinski definition) is 5. The Labute approximate surface area is 187 Å². The summed E-state index contributed by atoms with van der Waals surface area (Å²) in [5.74, 6) is 2.17. The van der Waals surface area contributed by atoms with Crippen LogP contribution in [0.4, 0.5) is 0 Å². The molecule has 2 aromatic carbocycles. The van der Waals surface area contributed by atoms with Gasteiger partial charge >= 0.3 is 0 Å². The number of benzene rings is 2. The second kappa shape index (κ2) is 8.83. The van der Waals surface area contributed by atoms with Crippen LogP contribution in [0.2, 0.25) is 0 Å². The van der Waals surface area contributed by atoms with Crippen LogP contribution in [0.5, 0.6) is 11.5 Å². The Morgan fingerprint density at radius 1 is 1.13 bits per heavy atom. The number of amides is 2. The highest BCUT2D eigenvalue weighted by Gasteiger charge is 2.53. The van der Waals surface area contributed by atoms with Crippen molar-refractivity contribution in [3.05, 3.63) is 59.7 Å². The molecular weight excluding hydrogens is 412 g/mol. The number of hydrogen-bond donors (Lipinski definition) is 1. The highest BCUT2D eigenvalue weighted by Crippen LogP contribution is 2.47. The van der Waals surface area contributed by atoms with E-state index in [2.05, 4.69) is 12.2 Å². The van der Waals surface area contributed by atoms with Gasteiger partial charge in [-0.1, -0.05) is 24.3 Å². The average molecular weight is 441 g/mol. The molecule has 0 aromatic heterocycles. The zero-order chi connectivity index (χ0) is 22.0. The first-order valence-electron chi connectivity index (χ1n) is 10.5. The van der Waals surface area contributed by atoms with Gasteiger partial charge in [-0.15, -0.1) is 11.8 Å². The van der Waals surface area contributed by atoms with Crippen molar-refractivity contribution in [2.45, 2.75) is 43.1 Å². The van der Waals surface area contributed by atoms with E-state index in [-0.39, 0.29) is 22.7 Å². The maximum absolute atomic E-state index is 13.3. The first-order valence-corrected chi connectivity index (χ1v) is 11.5. The molecule has 31 heavy (non-hydrogen) atoms. The van der Waals surface area contributed by atoms with Gasteiger partial charge < -0.3 is 19.7 Å². The molecule has 1 N–H and O–H groups in total. The Morgan fingerprint density at radius 2 is 1.74 bits per heavy atom. The molecule has 0 spiro atoms. The summed E-state index contributed by atoms with van der Waals surface area (Å²) in [6.45, 7) is 2.06. The van der Waals surface area contributed by atoms with E-state index < -0.39 is 6.04 Å². The smallest absolute Gasteiger partial charge is 0.244 e. The van der Waals surface area contributed by atoms with Crippen LogP contribution < -0.4 is 14.8 Å². The molecule has 0 radical (unpaired) electrons. The molecule has 6 nitrogen and oxygen atoms in total. The van der Waals surface area contributed by atoms with Gasteiger partial charge in [-0.3, -0.25) is 9.59 Å². The van der Waals surface area contributed by atoms with Crippen molar-refractivity contribution in [2.24, 2.45) is 0 Å². The van der Waals surface area contributed by atoms with Crippen molar-refractivity contribution in [1.82, 2.24) is 10.2 Å². The van der Waals surface area contributed by atoms with Crippen LogP contribution in [0, 0.1) is 0 Å². The minimum absolute atomic E-state index is 0.0730. The van der Waals surface area contributed by atoms with Crippen molar-refractivity contribution in [3.8, 4) is 11.5 Å². The van der Waals surface area contributed by atoms with E-state index in [1.54, 1.807) is 30.9 Å². The number of ether oxygens (including phenoxy) is 2. The van der Waals surface area contributed by atoms with Gasteiger partial charge in [0, 0.05) is 12.2 Å². The van der Waals surface area contributed by atoms with Crippen LogP contribution in [0.15, 0.2) is 48.5 Å². The van der Waals surface area contributed by atoms with Gasteiger partial charge in [0.15, 0.2) is 0 Å². The lowest BCUT2D eigenvalue weighted by atomic mass is 9.98. The molecule has 0 aliphatic carbocycles. The van der Waals surface area contributed by atoms with Gasteiger partial charge in [0.05, 0.1) is 25.1 Å². The predicted molar refractivity (Wildman–Crippen MR) is 121 cm³/mol. The summed E-state index contributed by atoms with van der Waals surface area (Å²) in [5, 5.41) is 3.22. The fraction of sp³-hybridized carbons (Fsp3) is 0.417.